The Morgan fingerprint density at radius 2 is 1.78 bits per heavy atom. The number of likely N-dealkylation sites (tertiary alicyclic amines) is 1. The van der Waals surface area contributed by atoms with Crippen molar-refractivity contribution in [2.45, 2.75) is 18.9 Å². The van der Waals surface area contributed by atoms with Crippen LogP contribution < -0.4 is 0 Å². The highest BCUT2D eigenvalue weighted by Gasteiger charge is 2.30. The lowest BCUT2D eigenvalue weighted by Crippen LogP contribution is -2.30. The van der Waals surface area contributed by atoms with Crippen molar-refractivity contribution in [3.05, 3.63) is 75.6 Å². The first-order chi connectivity index (χ1) is 11.1. The molecule has 3 rings (SSSR count). The van der Waals surface area contributed by atoms with Gasteiger partial charge < -0.3 is 4.90 Å². The lowest BCUT2D eigenvalue weighted by Gasteiger charge is -2.25. The Hall–Kier alpha value is -2.76. The van der Waals surface area contributed by atoms with E-state index < -0.39 is 4.92 Å². The fraction of sp³-hybridized carbons (Fsp3) is 0.235. The molecule has 1 aliphatic heterocycles. The van der Waals surface area contributed by atoms with Gasteiger partial charge in [0.15, 0.2) is 0 Å². The predicted molar refractivity (Wildman–Crippen MR) is 82.5 cm³/mol. The highest BCUT2D eigenvalue weighted by Crippen LogP contribution is 2.33. The summed E-state index contributed by atoms with van der Waals surface area (Å²) in [4.78, 5) is 24.6. The van der Waals surface area contributed by atoms with Crippen LogP contribution in [0.4, 0.5) is 10.1 Å². The minimum Gasteiger partial charge on any atom is -0.332 e. The van der Waals surface area contributed by atoms with E-state index in [4.69, 9.17) is 0 Å². The van der Waals surface area contributed by atoms with E-state index in [1.807, 2.05) is 0 Å². The molecule has 1 amide bonds. The Morgan fingerprint density at radius 1 is 1.13 bits per heavy atom. The third kappa shape index (κ3) is 3.06. The number of benzene rings is 2. The first-order valence-corrected chi connectivity index (χ1v) is 7.37. The molecule has 0 radical (unpaired) electrons. The maximum absolute atomic E-state index is 13.1. The van der Waals surface area contributed by atoms with Gasteiger partial charge in [0.05, 0.1) is 11.0 Å². The number of nitro benzene ring substituents is 1. The largest absolute Gasteiger partial charge is 0.332 e. The van der Waals surface area contributed by atoms with Crippen LogP contribution in [0.5, 0.6) is 0 Å². The zero-order valence-electron chi connectivity index (χ0n) is 12.3. The molecule has 1 saturated heterocycles. The quantitative estimate of drug-likeness (QED) is 0.641. The standard InChI is InChI=1S/C17H15FN2O3/c18-14-7-3-12(4-8-14)16-2-1-11-19(16)17(21)13-5-9-15(10-6-13)20(22)23/h3-10,16H,1-2,11H2. The van der Waals surface area contributed by atoms with E-state index in [2.05, 4.69) is 0 Å². The Labute approximate surface area is 132 Å². The van der Waals surface area contributed by atoms with Crippen LogP contribution in [-0.4, -0.2) is 22.3 Å². The smallest absolute Gasteiger partial charge is 0.269 e. The van der Waals surface area contributed by atoms with Gasteiger partial charge in [-0.3, -0.25) is 14.9 Å². The summed E-state index contributed by atoms with van der Waals surface area (Å²) in [7, 11) is 0. The number of hydrogen-bond acceptors (Lipinski definition) is 3. The van der Waals surface area contributed by atoms with Crippen LogP contribution in [0.15, 0.2) is 48.5 Å². The van der Waals surface area contributed by atoms with Gasteiger partial charge in [-0.05, 0) is 42.7 Å². The maximum Gasteiger partial charge on any atom is 0.269 e. The van der Waals surface area contributed by atoms with Crippen LogP contribution in [0.2, 0.25) is 0 Å². The van der Waals surface area contributed by atoms with E-state index in [0.717, 1.165) is 18.4 Å². The zero-order chi connectivity index (χ0) is 16.4. The van der Waals surface area contributed by atoms with Crippen molar-refractivity contribution in [2.24, 2.45) is 0 Å². The summed E-state index contributed by atoms with van der Waals surface area (Å²) < 4.78 is 13.1. The van der Waals surface area contributed by atoms with E-state index in [1.165, 1.54) is 36.4 Å². The van der Waals surface area contributed by atoms with Crippen molar-refractivity contribution < 1.29 is 14.1 Å². The summed E-state index contributed by atoms with van der Waals surface area (Å²) in [6.07, 6.45) is 1.70. The summed E-state index contributed by atoms with van der Waals surface area (Å²) in [6, 6.07) is 11.7. The molecule has 1 unspecified atom stereocenters. The van der Waals surface area contributed by atoms with Gasteiger partial charge in [0, 0.05) is 24.2 Å². The topological polar surface area (TPSA) is 63.4 Å². The molecule has 0 aromatic heterocycles. The molecular weight excluding hydrogens is 299 g/mol. The molecule has 0 N–H and O–H groups in total. The normalized spacial score (nSPS) is 17.3. The van der Waals surface area contributed by atoms with Gasteiger partial charge in [-0.25, -0.2) is 4.39 Å². The average Bonchev–Trinajstić information content (AvgIpc) is 3.04. The molecule has 1 fully saturated rings. The van der Waals surface area contributed by atoms with Crippen LogP contribution in [0.25, 0.3) is 0 Å². The van der Waals surface area contributed by atoms with E-state index in [0.29, 0.717) is 12.1 Å². The molecule has 0 saturated carbocycles. The Kier molecular flexibility index (Phi) is 4.06. The maximum atomic E-state index is 13.1. The summed E-state index contributed by atoms with van der Waals surface area (Å²) in [6.45, 7) is 0.623. The number of rotatable bonds is 3. The fourth-order valence-electron chi connectivity index (χ4n) is 2.93. The van der Waals surface area contributed by atoms with Crippen LogP contribution in [0, 0.1) is 15.9 Å². The second-order valence-electron chi connectivity index (χ2n) is 5.51. The molecule has 2 aromatic carbocycles. The molecule has 1 atom stereocenters. The monoisotopic (exact) mass is 314 g/mol. The molecule has 0 spiro atoms. The number of non-ortho nitro benzene ring substituents is 1. The van der Waals surface area contributed by atoms with E-state index in [-0.39, 0.29) is 23.5 Å². The molecule has 0 aliphatic carbocycles. The van der Waals surface area contributed by atoms with Crippen LogP contribution in [0.3, 0.4) is 0 Å². The Bertz CT molecular complexity index is 729. The molecular formula is C17H15FN2O3. The first-order valence-electron chi connectivity index (χ1n) is 7.37. The van der Waals surface area contributed by atoms with Crippen LogP contribution >= 0.6 is 0 Å². The molecule has 6 heteroatoms. The summed E-state index contributed by atoms with van der Waals surface area (Å²) in [5, 5.41) is 10.7. The number of nitro groups is 1. The molecule has 1 aliphatic rings. The minimum atomic E-state index is -0.495. The minimum absolute atomic E-state index is 0.0435. The highest BCUT2D eigenvalue weighted by molar-refractivity contribution is 5.94. The van der Waals surface area contributed by atoms with Crippen molar-refractivity contribution in [2.75, 3.05) is 6.54 Å². The van der Waals surface area contributed by atoms with E-state index in [1.54, 1.807) is 17.0 Å². The average molecular weight is 314 g/mol. The molecule has 118 valence electrons. The van der Waals surface area contributed by atoms with Crippen LogP contribution in [-0.2, 0) is 0 Å². The van der Waals surface area contributed by atoms with Crippen LogP contribution in [0.1, 0.15) is 34.8 Å². The van der Waals surface area contributed by atoms with Crippen molar-refractivity contribution in [3.63, 3.8) is 0 Å². The Morgan fingerprint density at radius 3 is 2.39 bits per heavy atom. The number of amides is 1. The van der Waals surface area contributed by atoms with Gasteiger partial charge in [-0.1, -0.05) is 12.1 Å². The fourth-order valence-corrected chi connectivity index (χ4v) is 2.93. The number of nitrogens with zero attached hydrogens (tertiary/aromatic N) is 2. The van der Waals surface area contributed by atoms with Gasteiger partial charge in [0.2, 0.25) is 0 Å². The second-order valence-corrected chi connectivity index (χ2v) is 5.51. The first kappa shape index (κ1) is 15.1. The van der Waals surface area contributed by atoms with Gasteiger partial charge >= 0.3 is 0 Å². The molecule has 5 nitrogen and oxygen atoms in total. The molecule has 0 bridgehead atoms. The van der Waals surface area contributed by atoms with Crippen molar-refractivity contribution in [1.29, 1.82) is 0 Å². The van der Waals surface area contributed by atoms with Gasteiger partial charge in [-0.15, -0.1) is 0 Å². The molecule has 1 heterocycles. The van der Waals surface area contributed by atoms with E-state index in [9.17, 15) is 19.3 Å². The van der Waals surface area contributed by atoms with Gasteiger partial charge in [0.1, 0.15) is 5.82 Å². The van der Waals surface area contributed by atoms with E-state index >= 15 is 0 Å². The zero-order valence-corrected chi connectivity index (χ0v) is 12.3. The van der Waals surface area contributed by atoms with Gasteiger partial charge in [0.25, 0.3) is 11.6 Å². The second kappa shape index (κ2) is 6.16. The van der Waals surface area contributed by atoms with Crippen molar-refractivity contribution in [3.8, 4) is 0 Å². The third-order valence-corrected chi connectivity index (χ3v) is 4.09. The van der Waals surface area contributed by atoms with Gasteiger partial charge in [-0.2, -0.15) is 0 Å². The lowest BCUT2D eigenvalue weighted by molar-refractivity contribution is -0.384. The van der Waals surface area contributed by atoms with Crippen molar-refractivity contribution >= 4 is 11.6 Å². The molecule has 2 aromatic rings. The third-order valence-electron chi connectivity index (χ3n) is 4.09. The number of carbonyl (C=O) groups is 1. The summed E-state index contributed by atoms with van der Waals surface area (Å²) >= 11 is 0. The summed E-state index contributed by atoms with van der Waals surface area (Å²) in [5.41, 5.74) is 1.28. The Balaban J connectivity index is 1.82. The van der Waals surface area contributed by atoms with Crippen molar-refractivity contribution in [1.82, 2.24) is 4.90 Å². The number of carbonyl (C=O) groups excluding carboxylic acids is 1. The number of hydrogen-bond donors (Lipinski definition) is 0. The highest BCUT2D eigenvalue weighted by atomic mass is 19.1. The predicted octanol–water partition coefficient (Wildman–Crippen LogP) is 3.71. The SMILES string of the molecule is O=C(c1ccc([N+](=O)[O-])cc1)N1CCCC1c1ccc(F)cc1. The number of halogens is 1. The summed E-state index contributed by atoms with van der Waals surface area (Å²) in [5.74, 6) is -0.466. The molecule has 23 heavy (non-hydrogen) atoms. The lowest BCUT2D eigenvalue weighted by atomic mass is 10.0.